The van der Waals surface area contributed by atoms with Crippen molar-refractivity contribution < 1.29 is 9.42 Å². The SMILES string of the molecule is CC1(C)CCCC(C)(C)N1NP(O)OCCC#N. The van der Waals surface area contributed by atoms with E-state index in [1.807, 2.05) is 6.07 Å². The van der Waals surface area contributed by atoms with Gasteiger partial charge in [0.25, 0.3) is 8.53 Å². The first-order valence-corrected chi connectivity index (χ1v) is 7.56. The van der Waals surface area contributed by atoms with Crippen molar-refractivity contribution in [2.75, 3.05) is 6.61 Å². The molecule has 2 N–H and O–H groups in total. The molecule has 0 aromatic heterocycles. The highest BCUT2D eigenvalue weighted by Gasteiger charge is 2.42. The van der Waals surface area contributed by atoms with Crippen LogP contribution in [0.15, 0.2) is 0 Å². The molecule has 1 aliphatic rings. The van der Waals surface area contributed by atoms with Gasteiger partial charge in [0.15, 0.2) is 0 Å². The molecule has 0 aliphatic carbocycles. The van der Waals surface area contributed by atoms with Crippen molar-refractivity contribution in [3.8, 4) is 6.07 Å². The first kappa shape index (κ1) is 15.8. The summed E-state index contributed by atoms with van der Waals surface area (Å²) in [5.74, 6) is 0. The number of rotatable bonds is 5. The molecule has 0 bridgehead atoms. The number of hydrogen-bond donors (Lipinski definition) is 2. The van der Waals surface area contributed by atoms with Crippen LogP contribution in [0.2, 0.25) is 0 Å². The lowest BCUT2D eigenvalue weighted by Gasteiger charge is -2.52. The third-order valence-corrected chi connectivity index (χ3v) is 4.20. The molecule has 18 heavy (non-hydrogen) atoms. The molecule has 1 atom stereocenters. The van der Waals surface area contributed by atoms with Crippen LogP contribution in [0.25, 0.3) is 0 Å². The summed E-state index contributed by atoms with van der Waals surface area (Å²) < 4.78 is 5.22. The standard InChI is InChI=1S/C12H24N3O2P/c1-11(2)7-5-8-12(3,4)15(11)14-18(16)17-10-6-9-13/h14,16H,5-8,10H2,1-4H3. The van der Waals surface area contributed by atoms with E-state index < -0.39 is 8.53 Å². The molecular formula is C12H24N3O2P. The summed E-state index contributed by atoms with van der Waals surface area (Å²) in [6.45, 7) is 8.93. The molecule has 6 heteroatoms. The van der Waals surface area contributed by atoms with Crippen LogP contribution in [0.1, 0.15) is 53.4 Å². The van der Waals surface area contributed by atoms with E-state index in [-0.39, 0.29) is 17.7 Å². The summed E-state index contributed by atoms with van der Waals surface area (Å²) in [6, 6.07) is 1.99. The minimum atomic E-state index is -1.71. The van der Waals surface area contributed by atoms with Gasteiger partial charge in [-0.2, -0.15) is 10.5 Å². The zero-order valence-corrected chi connectivity index (χ0v) is 12.6. The van der Waals surface area contributed by atoms with Crippen LogP contribution < -0.4 is 5.20 Å². The van der Waals surface area contributed by atoms with Crippen molar-refractivity contribution in [3.63, 3.8) is 0 Å². The highest BCUT2D eigenvalue weighted by Crippen LogP contribution is 2.40. The van der Waals surface area contributed by atoms with E-state index in [4.69, 9.17) is 9.79 Å². The zero-order chi connectivity index (χ0) is 13.8. The maximum atomic E-state index is 9.87. The molecule has 0 aromatic carbocycles. The van der Waals surface area contributed by atoms with Crippen molar-refractivity contribution in [2.24, 2.45) is 0 Å². The number of nitriles is 1. The van der Waals surface area contributed by atoms with Crippen LogP contribution in [0.4, 0.5) is 0 Å². The molecule has 1 rings (SSSR count). The van der Waals surface area contributed by atoms with Crippen molar-refractivity contribution in [3.05, 3.63) is 0 Å². The van der Waals surface area contributed by atoms with Gasteiger partial charge < -0.3 is 9.42 Å². The normalized spacial score (nSPS) is 24.4. The van der Waals surface area contributed by atoms with E-state index in [1.165, 1.54) is 6.42 Å². The Bertz CT molecular complexity index is 299. The molecule has 0 aromatic rings. The predicted octanol–water partition coefficient (Wildman–Crippen LogP) is 2.68. The maximum absolute atomic E-state index is 9.87. The van der Waals surface area contributed by atoms with Gasteiger partial charge in [0.05, 0.1) is 19.1 Å². The second-order valence-corrected chi connectivity index (χ2v) is 6.93. The number of nitrogens with zero attached hydrogens (tertiary/aromatic N) is 2. The molecule has 1 aliphatic heterocycles. The van der Waals surface area contributed by atoms with Gasteiger partial charge in [-0.25, -0.2) is 5.01 Å². The molecule has 104 valence electrons. The Morgan fingerprint density at radius 2 is 1.89 bits per heavy atom. The molecule has 5 nitrogen and oxygen atoms in total. The molecule has 1 fully saturated rings. The Morgan fingerprint density at radius 1 is 1.33 bits per heavy atom. The number of hydrogen-bond acceptors (Lipinski definition) is 5. The zero-order valence-electron chi connectivity index (χ0n) is 11.7. The summed E-state index contributed by atoms with van der Waals surface area (Å²) in [6.07, 6.45) is 3.67. The van der Waals surface area contributed by atoms with Crippen LogP contribution in [-0.4, -0.2) is 27.6 Å². The van der Waals surface area contributed by atoms with Crippen molar-refractivity contribution in [1.82, 2.24) is 10.2 Å². The second kappa shape index (κ2) is 6.27. The van der Waals surface area contributed by atoms with Gasteiger partial charge in [0, 0.05) is 11.1 Å². The van der Waals surface area contributed by atoms with Gasteiger partial charge in [0.1, 0.15) is 0 Å². The van der Waals surface area contributed by atoms with Gasteiger partial charge in [-0.05, 0) is 47.0 Å². The van der Waals surface area contributed by atoms with Gasteiger partial charge >= 0.3 is 0 Å². The number of piperidine rings is 1. The van der Waals surface area contributed by atoms with Crippen molar-refractivity contribution in [2.45, 2.75) is 64.5 Å². The lowest BCUT2D eigenvalue weighted by Crippen LogP contribution is -2.62. The van der Waals surface area contributed by atoms with E-state index in [2.05, 4.69) is 37.9 Å². The molecule has 0 saturated carbocycles. The molecule has 0 spiro atoms. The molecule has 1 saturated heterocycles. The van der Waals surface area contributed by atoms with Crippen LogP contribution in [0, 0.1) is 11.3 Å². The first-order chi connectivity index (χ1) is 8.29. The van der Waals surface area contributed by atoms with E-state index in [0.717, 1.165) is 12.8 Å². The Labute approximate surface area is 111 Å². The van der Waals surface area contributed by atoms with Crippen molar-refractivity contribution >= 4 is 8.53 Å². The van der Waals surface area contributed by atoms with Gasteiger partial charge in [-0.3, -0.25) is 0 Å². The van der Waals surface area contributed by atoms with Gasteiger partial charge in [-0.15, -0.1) is 0 Å². The van der Waals surface area contributed by atoms with E-state index in [9.17, 15) is 4.89 Å². The summed E-state index contributed by atoms with van der Waals surface area (Å²) >= 11 is 0. The summed E-state index contributed by atoms with van der Waals surface area (Å²) in [7, 11) is -1.71. The largest absolute Gasteiger partial charge is 0.337 e. The fraction of sp³-hybridized carbons (Fsp3) is 0.917. The van der Waals surface area contributed by atoms with E-state index >= 15 is 0 Å². The Hall–Kier alpha value is -0.240. The Morgan fingerprint density at radius 3 is 2.39 bits per heavy atom. The molecule has 0 radical (unpaired) electrons. The summed E-state index contributed by atoms with van der Waals surface area (Å²) in [4.78, 5) is 9.87. The molecule has 1 heterocycles. The van der Waals surface area contributed by atoms with Crippen LogP contribution in [0.3, 0.4) is 0 Å². The quantitative estimate of drug-likeness (QED) is 0.595. The van der Waals surface area contributed by atoms with Crippen LogP contribution in [0.5, 0.6) is 0 Å². The monoisotopic (exact) mass is 273 g/mol. The Balaban J connectivity index is 2.58. The van der Waals surface area contributed by atoms with Crippen LogP contribution in [-0.2, 0) is 4.52 Å². The van der Waals surface area contributed by atoms with Gasteiger partial charge in [0.2, 0.25) is 0 Å². The third kappa shape index (κ3) is 4.15. The first-order valence-electron chi connectivity index (χ1n) is 6.35. The smallest absolute Gasteiger partial charge is 0.267 e. The predicted molar refractivity (Wildman–Crippen MR) is 72.3 cm³/mol. The maximum Gasteiger partial charge on any atom is 0.267 e. The highest BCUT2D eigenvalue weighted by molar-refractivity contribution is 7.43. The lowest BCUT2D eigenvalue weighted by atomic mass is 9.82. The third-order valence-electron chi connectivity index (χ3n) is 3.40. The average molecular weight is 273 g/mol. The minimum absolute atomic E-state index is 0.0103. The van der Waals surface area contributed by atoms with E-state index in [1.54, 1.807) is 0 Å². The average Bonchev–Trinajstić information content (AvgIpc) is 2.23. The summed E-state index contributed by atoms with van der Waals surface area (Å²) in [5, 5.41) is 13.6. The molecular weight excluding hydrogens is 249 g/mol. The van der Waals surface area contributed by atoms with Crippen molar-refractivity contribution in [1.29, 1.82) is 5.26 Å². The highest BCUT2D eigenvalue weighted by atomic mass is 31.2. The second-order valence-electron chi connectivity index (χ2n) is 5.93. The fourth-order valence-electron chi connectivity index (χ4n) is 2.56. The fourth-order valence-corrected chi connectivity index (χ4v) is 3.59. The molecule has 1 unspecified atom stereocenters. The van der Waals surface area contributed by atoms with Gasteiger partial charge in [-0.1, -0.05) is 0 Å². The van der Waals surface area contributed by atoms with E-state index in [0.29, 0.717) is 6.42 Å². The lowest BCUT2D eigenvalue weighted by molar-refractivity contribution is -0.0512. The summed E-state index contributed by atoms with van der Waals surface area (Å²) in [5.41, 5.74) is -0.0205. The number of hydrazine groups is 1. The topological polar surface area (TPSA) is 68.5 Å². The minimum Gasteiger partial charge on any atom is -0.337 e. The van der Waals surface area contributed by atoms with Crippen LogP contribution >= 0.6 is 8.53 Å². The Kier molecular flexibility index (Phi) is 5.51. The molecule has 0 amide bonds. The number of nitrogens with one attached hydrogen (secondary N) is 1.